The Morgan fingerprint density at radius 1 is 0.980 bits per heavy atom. The van der Waals surface area contributed by atoms with Crippen molar-refractivity contribution >= 4 is 11.9 Å². The average Bonchev–Trinajstić information content (AvgIpc) is 3.46. The summed E-state index contributed by atoms with van der Waals surface area (Å²) < 4.78 is 77.4. The van der Waals surface area contributed by atoms with E-state index in [0.29, 0.717) is 26.1 Å². The van der Waals surface area contributed by atoms with Crippen LogP contribution in [0.2, 0.25) is 0 Å². The summed E-state index contributed by atoms with van der Waals surface area (Å²) in [4.78, 5) is 29.5. The molecule has 0 aromatic heterocycles. The molecule has 1 saturated heterocycles. The number of likely N-dealkylation sites (tertiary alicyclic amines) is 1. The van der Waals surface area contributed by atoms with Crippen molar-refractivity contribution in [1.29, 1.82) is 0 Å². The highest BCUT2D eigenvalue weighted by molar-refractivity contribution is 5.89. The number of alkyl halides is 3. The first-order valence-corrected chi connectivity index (χ1v) is 17.5. The SMILES string of the molecule is CCN1CC2(COC)CC(CO)[C@H](OC)C34C5CC6(O)[C@H](OC(=O)c7ccc(C(F)(F)F)cc7)C5[C@@](OC(C)=O)(C(C(OC)C23)C14)C(O)[C@@H]6OC. The number of fused-ring (bicyclic) bond motifs is 2. The number of rotatable bonds is 10. The summed E-state index contributed by atoms with van der Waals surface area (Å²) in [7, 11) is 6.09. The molecule has 51 heavy (non-hydrogen) atoms. The van der Waals surface area contributed by atoms with Gasteiger partial charge >= 0.3 is 18.1 Å². The first kappa shape index (κ1) is 37.0. The molecule has 7 rings (SSSR count). The zero-order valence-electron chi connectivity index (χ0n) is 29.6. The normalized spacial score (nSPS) is 46.5. The fourth-order valence-corrected chi connectivity index (χ4v) is 13.1. The minimum absolute atomic E-state index is 0.0734. The number of esters is 2. The third kappa shape index (κ3) is 4.55. The standard InChI is InChI=1S/C36H48F3NO11/c1-7-40-15-32(16-46-3)12-19(14-41)28(48-5)34-21-13-33(45)29(50-31(44)18-8-10-20(11-9-18)36(37,38)39)22(21)35(51-17(2)42,27(43)30(33)49-6)23(26(34)40)24(47-4)25(32)34/h8-11,19,21-30,41,43,45H,7,12-16H2,1-6H3/t19?,21?,22?,23?,24?,25?,26?,27?,28-,29+,30-,32?,33?,34?,35+/m0/s1. The van der Waals surface area contributed by atoms with Crippen molar-refractivity contribution in [3.63, 3.8) is 0 Å². The minimum Gasteiger partial charge on any atom is -0.455 e. The molecule has 12 nitrogen and oxygen atoms in total. The Hall–Kier alpha value is -2.37. The fraction of sp³-hybridized carbons (Fsp3) is 0.778. The Morgan fingerprint density at radius 2 is 1.65 bits per heavy atom. The first-order chi connectivity index (χ1) is 24.1. The predicted molar refractivity (Wildman–Crippen MR) is 170 cm³/mol. The van der Waals surface area contributed by atoms with Crippen LogP contribution >= 0.6 is 0 Å². The lowest BCUT2D eigenvalue weighted by Crippen LogP contribution is -2.81. The third-order valence-electron chi connectivity index (χ3n) is 13.8. The van der Waals surface area contributed by atoms with Crippen LogP contribution in [0.3, 0.4) is 0 Å². The van der Waals surface area contributed by atoms with Crippen molar-refractivity contribution in [3.05, 3.63) is 35.4 Å². The van der Waals surface area contributed by atoms with Crippen molar-refractivity contribution in [2.75, 3.05) is 54.7 Å². The highest BCUT2D eigenvalue weighted by Crippen LogP contribution is 2.81. The summed E-state index contributed by atoms with van der Waals surface area (Å²) >= 11 is 0. The van der Waals surface area contributed by atoms with Gasteiger partial charge in [-0.1, -0.05) is 6.92 Å². The van der Waals surface area contributed by atoms with Gasteiger partial charge in [0.05, 0.1) is 29.9 Å². The number of ether oxygens (including phenoxy) is 6. The maximum atomic E-state index is 13.9. The molecule has 11 unspecified atom stereocenters. The maximum Gasteiger partial charge on any atom is 0.416 e. The molecule has 6 fully saturated rings. The molecule has 3 N–H and O–H groups in total. The average molecular weight is 728 g/mol. The van der Waals surface area contributed by atoms with Crippen molar-refractivity contribution < 1.29 is 66.5 Å². The van der Waals surface area contributed by atoms with Gasteiger partial charge in [0.15, 0.2) is 5.60 Å². The summed E-state index contributed by atoms with van der Waals surface area (Å²) in [6.45, 7) is 4.48. The molecule has 1 aromatic carbocycles. The second-order valence-corrected chi connectivity index (χ2v) is 15.6. The van der Waals surface area contributed by atoms with Gasteiger partial charge in [-0.3, -0.25) is 9.69 Å². The molecule has 7 bridgehead atoms. The Bertz CT molecular complexity index is 1530. The van der Waals surface area contributed by atoms with Crippen molar-refractivity contribution in [3.8, 4) is 0 Å². The third-order valence-corrected chi connectivity index (χ3v) is 13.8. The van der Waals surface area contributed by atoms with Crippen molar-refractivity contribution in [2.24, 2.45) is 40.4 Å². The first-order valence-electron chi connectivity index (χ1n) is 17.5. The van der Waals surface area contributed by atoms with Gasteiger partial charge in [0, 0.05) is 89.1 Å². The van der Waals surface area contributed by atoms with Crippen LogP contribution in [0.5, 0.6) is 0 Å². The van der Waals surface area contributed by atoms with Crippen LogP contribution in [0.1, 0.15) is 42.6 Å². The molecule has 0 amide bonds. The van der Waals surface area contributed by atoms with Gasteiger partial charge in [0.25, 0.3) is 0 Å². The summed E-state index contributed by atoms with van der Waals surface area (Å²) in [6.07, 6.45) is -9.92. The van der Waals surface area contributed by atoms with Gasteiger partial charge in [-0.25, -0.2) is 4.79 Å². The van der Waals surface area contributed by atoms with Crippen LogP contribution in [0.25, 0.3) is 0 Å². The van der Waals surface area contributed by atoms with E-state index in [4.69, 9.17) is 28.4 Å². The van der Waals surface area contributed by atoms with Crippen LogP contribution in [-0.2, 0) is 39.4 Å². The van der Waals surface area contributed by atoms with E-state index in [0.717, 1.165) is 24.3 Å². The number of hydrogen-bond acceptors (Lipinski definition) is 12. The van der Waals surface area contributed by atoms with Gasteiger partial charge in [0.2, 0.25) is 0 Å². The fourth-order valence-electron chi connectivity index (χ4n) is 13.1. The molecule has 1 aromatic rings. The Labute approximate surface area is 294 Å². The molecular weight excluding hydrogens is 679 g/mol. The van der Waals surface area contributed by atoms with E-state index in [1.165, 1.54) is 14.0 Å². The van der Waals surface area contributed by atoms with Gasteiger partial charge in [-0.2, -0.15) is 13.2 Å². The molecule has 5 aliphatic carbocycles. The van der Waals surface area contributed by atoms with Gasteiger partial charge in [-0.05, 0) is 49.6 Å². The van der Waals surface area contributed by atoms with Crippen molar-refractivity contribution in [2.45, 2.75) is 80.6 Å². The number of carbonyl (C=O) groups excluding carboxylic acids is 2. The summed E-state index contributed by atoms with van der Waals surface area (Å²) in [6, 6.07) is 3.10. The molecule has 6 aliphatic rings. The van der Waals surface area contributed by atoms with E-state index in [1.54, 1.807) is 21.3 Å². The molecule has 0 radical (unpaired) electrons. The van der Waals surface area contributed by atoms with Crippen LogP contribution in [0.15, 0.2) is 24.3 Å². The quantitative estimate of drug-likeness (QED) is 0.302. The van der Waals surface area contributed by atoms with E-state index in [1.807, 2.05) is 6.92 Å². The number of nitrogens with zero attached hydrogens (tertiary/aromatic N) is 1. The van der Waals surface area contributed by atoms with Crippen LogP contribution in [-0.4, -0.2) is 135 Å². The summed E-state index contributed by atoms with van der Waals surface area (Å²) in [5, 5.41) is 36.3. The van der Waals surface area contributed by atoms with Crippen LogP contribution in [0.4, 0.5) is 13.2 Å². The van der Waals surface area contributed by atoms with E-state index < -0.39 is 100 Å². The summed E-state index contributed by atoms with van der Waals surface area (Å²) in [5.41, 5.74) is -6.52. The lowest BCUT2D eigenvalue weighted by molar-refractivity contribution is -0.321. The largest absolute Gasteiger partial charge is 0.455 e. The number of aliphatic hydroxyl groups excluding tert-OH is 2. The van der Waals surface area contributed by atoms with Crippen LogP contribution in [0, 0.1) is 40.4 Å². The van der Waals surface area contributed by atoms with Crippen molar-refractivity contribution in [1.82, 2.24) is 4.90 Å². The van der Waals surface area contributed by atoms with Gasteiger partial charge < -0.3 is 43.7 Å². The monoisotopic (exact) mass is 727 g/mol. The topological polar surface area (TPSA) is 153 Å². The Balaban J connectivity index is 1.48. The number of methoxy groups -OCH3 is 4. The van der Waals surface area contributed by atoms with Crippen LogP contribution < -0.4 is 0 Å². The number of carbonyl (C=O) groups is 2. The number of halogens is 3. The second-order valence-electron chi connectivity index (χ2n) is 15.6. The van der Waals surface area contributed by atoms with E-state index in [-0.39, 0.29) is 30.4 Å². The molecule has 284 valence electrons. The highest BCUT2D eigenvalue weighted by Gasteiger charge is 2.92. The number of benzene rings is 1. The molecule has 5 saturated carbocycles. The number of aliphatic hydroxyl groups is 3. The smallest absolute Gasteiger partial charge is 0.416 e. The van der Waals surface area contributed by atoms with E-state index >= 15 is 0 Å². The lowest BCUT2D eigenvalue weighted by Gasteiger charge is -2.70. The Kier molecular flexibility index (Phi) is 8.94. The minimum atomic E-state index is -4.63. The maximum absolute atomic E-state index is 13.9. The molecule has 1 spiro atoms. The predicted octanol–water partition coefficient (Wildman–Crippen LogP) is 1.91. The molecule has 1 heterocycles. The van der Waals surface area contributed by atoms with Gasteiger partial charge in [0.1, 0.15) is 23.9 Å². The summed E-state index contributed by atoms with van der Waals surface area (Å²) in [5.74, 6) is -4.90. The second kappa shape index (κ2) is 12.3. The molecule has 15 atom stereocenters. The lowest BCUT2D eigenvalue weighted by atomic mass is 9.41. The Morgan fingerprint density at radius 3 is 2.18 bits per heavy atom. The zero-order chi connectivity index (χ0) is 37.1. The highest BCUT2D eigenvalue weighted by atomic mass is 19.4. The molecular formula is C36H48F3NO11. The molecule has 15 heteroatoms. The zero-order valence-corrected chi connectivity index (χ0v) is 29.6. The van der Waals surface area contributed by atoms with E-state index in [9.17, 15) is 38.1 Å². The number of piperidine rings is 1. The number of hydrogen-bond donors (Lipinski definition) is 3. The molecule has 1 aliphatic heterocycles. The van der Waals surface area contributed by atoms with E-state index in [2.05, 4.69) is 4.90 Å². The van der Waals surface area contributed by atoms with Gasteiger partial charge in [-0.15, -0.1) is 0 Å².